The molecule has 1 aliphatic rings. The van der Waals surface area contributed by atoms with Crippen LogP contribution in [-0.4, -0.2) is 47.3 Å². The third-order valence-corrected chi connectivity index (χ3v) is 3.83. The first-order valence-electron chi connectivity index (χ1n) is 7.06. The molecular weight excluding hydrogens is 363 g/mol. The lowest BCUT2D eigenvalue weighted by Gasteiger charge is -2.23. The summed E-state index contributed by atoms with van der Waals surface area (Å²) in [4.78, 5) is 23.9. The Morgan fingerprint density at radius 2 is 2.21 bits per heavy atom. The molecule has 0 radical (unpaired) electrons. The van der Waals surface area contributed by atoms with Crippen LogP contribution >= 0.6 is 24.0 Å². The third kappa shape index (κ3) is 4.00. The number of hydrogen-bond acceptors (Lipinski definition) is 5. The number of nitrogens with zero attached hydrogens (tertiary/aromatic N) is 3. The van der Waals surface area contributed by atoms with Gasteiger partial charge in [0, 0.05) is 37.5 Å². The van der Waals surface area contributed by atoms with Gasteiger partial charge < -0.3 is 15.2 Å². The highest BCUT2D eigenvalue weighted by Crippen LogP contribution is 2.24. The van der Waals surface area contributed by atoms with E-state index in [4.69, 9.17) is 11.6 Å². The second kappa shape index (κ2) is 7.87. The number of pyridine rings is 1. The largest absolute Gasteiger partial charge is 0.351 e. The Kier molecular flexibility index (Phi) is 6.09. The van der Waals surface area contributed by atoms with Crippen LogP contribution in [0.2, 0.25) is 5.02 Å². The van der Waals surface area contributed by atoms with Crippen molar-refractivity contribution < 1.29 is 8.78 Å². The molecule has 2 aromatic rings. The second-order valence-corrected chi connectivity index (χ2v) is 5.54. The quantitative estimate of drug-likeness (QED) is 0.780. The summed E-state index contributed by atoms with van der Waals surface area (Å²) in [5, 5.41) is 2.84. The number of aromatic nitrogens is 3. The van der Waals surface area contributed by atoms with E-state index in [2.05, 4.69) is 20.3 Å². The minimum Gasteiger partial charge on any atom is -0.351 e. The minimum atomic E-state index is -1.10. The van der Waals surface area contributed by atoms with Gasteiger partial charge in [0.1, 0.15) is 17.0 Å². The number of rotatable bonds is 2. The van der Waals surface area contributed by atoms with Crippen molar-refractivity contribution >= 4 is 29.8 Å². The Balaban J connectivity index is 0.00000208. The molecule has 130 valence electrons. The smallest absolute Gasteiger partial charge is 0.272 e. The summed E-state index contributed by atoms with van der Waals surface area (Å²) < 4.78 is 27.0. The molecule has 3 heterocycles. The van der Waals surface area contributed by atoms with Gasteiger partial charge in [-0.1, -0.05) is 11.6 Å². The Labute approximate surface area is 147 Å². The Morgan fingerprint density at radius 3 is 2.96 bits per heavy atom. The number of H-pyrrole nitrogens is 1. The molecule has 1 atom stereocenters. The topological polar surface area (TPSA) is 73.9 Å². The lowest BCUT2D eigenvalue weighted by atomic mass is 10.2. The maximum atomic E-state index is 13.8. The zero-order valence-corrected chi connectivity index (χ0v) is 14.0. The highest BCUT2D eigenvalue weighted by Gasteiger charge is 2.22. The molecule has 2 aromatic heterocycles. The molecule has 1 saturated heterocycles. The SMILES string of the molecule is Cl.O=c1[nH]c(-c2ccnc(F)c2)nc(N2CCNCC(F)C2)c1Cl. The first-order chi connectivity index (χ1) is 11.0. The lowest BCUT2D eigenvalue weighted by molar-refractivity contribution is 0.337. The first kappa shape index (κ1) is 18.6. The van der Waals surface area contributed by atoms with Gasteiger partial charge in [0.25, 0.3) is 5.56 Å². The molecule has 0 bridgehead atoms. The molecular formula is C14H15Cl2F2N5O. The number of halogens is 4. The van der Waals surface area contributed by atoms with Crippen molar-refractivity contribution in [2.45, 2.75) is 6.17 Å². The fourth-order valence-corrected chi connectivity index (χ4v) is 2.61. The number of alkyl halides is 1. The summed E-state index contributed by atoms with van der Waals surface area (Å²) >= 11 is 6.04. The molecule has 0 spiro atoms. The van der Waals surface area contributed by atoms with Crippen LogP contribution in [0, 0.1) is 5.95 Å². The van der Waals surface area contributed by atoms with Gasteiger partial charge in [0.15, 0.2) is 5.82 Å². The van der Waals surface area contributed by atoms with Gasteiger partial charge in [-0.05, 0) is 6.07 Å². The fourth-order valence-electron chi connectivity index (χ4n) is 2.40. The second-order valence-electron chi connectivity index (χ2n) is 5.17. The van der Waals surface area contributed by atoms with Crippen molar-refractivity contribution in [3.63, 3.8) is 0 Å². The molecule has 10 heteroatoms. The van der Waals surface area contributed by atoms with Gasteiger partial charge in [-0.15, -0.1) is 12.4 Å². The molecule has 0 saturated carbocycles. The lowest BCUT2D eigenvalue weighted by Crippen LogP contribution is -2.33. The Bertz CT molecular complexity index is 773. The average Bonchev–Trinajstić information content (AvgIpc) is 2.74. The van der Waals surface area contributed by atoms with E-state index in [-0.39, 0.29) is 42.2 Å². The molecule has 1 fully saturated rings. The highest BCUT2D eigenvalue weighted by molar-refractivity contribution is 6.32. The van der Waals surface area contributed by atoms with E-state index in [0.29, 0.717) is 18.7 Å². The van der Waals surface area contributed by atoms with E-state index in [1.165, 1.54) is 12.3 Å². The predicted octanol–water partition coefficient (Wildman–Crippen LogP) is 1.79. The van der Waals surface area contributed by atoms with Crippen molar-refractivity contribution in [3.05, 3.63) is 39.7 Å². The summed E-state index contributed by atoms with van der Waals surface area (Å²) in [5.41, 5.74) is -0.200. The summed E-state index contributed by atoms with van der Waals surface area (Å²) in [6.07, 6.45) is 0.170. The van der Waals surface area contributed by atoms with Gasteiger partial charge >= 0.3 is 0 Å². The standard InChI is InChI=1S/C14H14ClF2N5O.ClH/c15-11-13(22-4-3-18-6-9(16)7-22)20-12(21-14(11)23)8-1-2-19-10(17)5-8;/h1-2,5,9,18H,3-4,6-7H2,(H,20,21,23);1H. The molecule has 3 rings (SSSR count). The number of anilines is 1. The maximum Gasteiger partial charge on any atom is 0.272 e. The molecule has 2 N–H and O–H groups in total. The average molecular weight is 378 g/mol. The zero-order valence-electron chi connectivity index (χ0n) is 12.4. The van der Waals surface area contributed by atoms with E-state index in [9.17, 15) is 13.6 Å². The molecule has 24 heavy (non-hydrogen) atoms. The van der Waals surface area contributed by atoms with Crippen LogP contribution < -0.4 is 15.8 Å². The Morgan fingerprint density at radius 1 is 1.42 bits per heavy atom. The minimum absolute atomic E-state index is 0. The summed E-state index contributed by atoms with van der Waals surface area (Å²) in [7, 11) is 0. The van der Waals surface area contributed by atoms with Crippen LogP contribution in [0.1, 0.15) is 0 Å². The van der Waals surface area contributed by atoms with Gasteiger partial charge in [0.2, 0.25) is 5.95 Å². The van der Waals surface area contributed by atoms with E-state index in [0.717, 1.165) is 6.07 Å². The van der Waals surface area contributed by atoms with Crippen molar-refractivity contribution in [3.8, 4) is 11.4 Å². The van der Waals surface area contributed by atoms with Gasteiger partial charge in [-0.25, -0.2) is 14.4 Å². The first-order valence-corrected chi connectivity index (χ1v) is 7.44. The third-order valence-electron chi connectivity index (χ3n) is 3.49. The van der Waals surface area contributed by atoms with Gasteiger partial charge in [0.05, 0.1) is 6.54 Å². The molecule has 1 aliphatic heterocycles. The summed E-state index contributed by atoms with van der Waals surface area (Å²) in [5.74, 6) is -0.346. The Hall–Kier alpha value is -1.77. The van der Waals surface area contributed by atoms with Crippen molar-refractivity contribution in [1.82, 2.24) is 20.3 Å². The van der Waals surface area contributed by atoms with Crippen molar-refractivity contribution in [2.24, 2.45) is 0 Å². The molecule has 0 aromatic carbocycles. The van der Waals surface area contributed by atoms with E-state index in [1.54, 1.807) is 4.90 Å². The van der Waals surface area contributed by atoms with E-state index < -0.39 is 17.7 Å². The maximum absolute atomic E-state index is 13.8. The fraction of sp³-hybridized carbons (Fsp3) is 0.357. The molecule has 0 amide bonds. The van der Waals surface area contributed by atoms with Crippen LogP contribution in [-0.2, 0) is 0 Å². The summed E-state index contributed by atoms with van der Waals surface area (Å²) in [6.45, 7) is 1.32. The predicted molar refractivity (Wildman–Crippen MR) is 90.3 cm³/mol. The van der Waals surface area contributed by atoms with Crippen LogP contribution in [0.15, 0.2) is 23.1 Å². The molecule has 1 unspecified atom stereocenters. The zero-order chi connectivity index (χ0) is 16.4. The highest BCUT2D eigenvalue weighted by atomic mass is 35.5. The molecule has 0 aliphatic carbocycles. The van der Waals surface area contributed by atoms with Gasteiger partial charge in [-0.3, -0.25) is 4.79 Å². The number of aromatic amines is 1. The van der Waals surface area contributed by atoms with Crippen molar-refractivity contribution in [1.29, 1.82) is 0 Å². The van der Waals surface area contributed by atoms with E-state index >= 15 is 0 Å². The van der Waals surface area contributed by atoms with Gasteiger partial charge in [-0.2, -0.15) is 4.39 Å². The van der Waals surface area contributed by atoms with E-state index in [1.807, 2.05) is 0 Å². The molecule has 6 nitrogen and oxygen atoms in total. The monoisotopic (exact) mass is 377 g/mol. The normalized spacial score (nSPS) is 18.0. The van der Waals surface area contributed by atoms with Crippen molar-refractivity contribution in [2.75, 3.05) is 31.1 Å². The van der Waals surface area contributed by atoms with Crippen LogP contribution in [0.5, 0.6) is 0 Å². The number of nitrogens with one attached hydrogen (secondary N) is 2. The van der Waals surface area contributed by atoms with Crippen LogP contribution in [0.3, 0.4) is 0 Å². The van der Waals surface area contributed by atoms with Crippen LogP contribution in [0.25, 0.3) is 11.4 Å². The number of hydrogen-bond donors (Lipinski definition) is 2. The van der Waals surface area contributed by atoms with Crippen LogP contribution in [0.4, 0.5) is 14.6 Å². The summed E-state index contributed by atoms with van der Waals surface area (Å²) in [6, 6.07) is 2.67.